The maximum atomic E-state index is 11.8. The minimum Gasteiger partial charge on any atom is -0.295 e. The SMILES string of the molecule is CC1(C)CC[C@H]2C3CCC4=CC(=O)CC[C@]4(C)C3=CC[C@@]21C. The van der Waals surface area contributed by atoms with Gasteiger partial charge in [-0.3, -0.25) is 4.79 Å². The van der Waals surface area contributed by atoms with E-state index < -0.39 is 0 Å². The van der Waals surface area contributed by atoms with E-state index in [9.17, 15) is 4.79 Å². The lowest BCUT2D eigenvalue weighted by molar-refractivity contribution is -0.115. The van der Waals surface area contributed by atoms with Crippen LogP contribution in [0, 0.1) is 28.1 Å². The minimum atomic E-state index is 0.199. The second kappa shape index (κ2) is 4.36. The molecule has 4 rings (SSSR count). The summed E-state index contributed by atoms with van der Waals surface area (Å²) in [7, 11) is 0. The van der Waals surface area contributed by atoms with Gasteiger partial charge in [0.1, 0.15) is 0 Å². The number of hydrogen-bond donors (Lipinski definition) is 0. The molecule has 0 aliphatic heterocycles. The molecule has 0 saturated heterocycles. The number of carbonyl (C=O) groups excluding carboxylic acids is 1. The molecule has 0 aromatic rings. The van der Waals surface area contributed by atoms with Gasteiger partial charge < -0.3 is 0 Å². The van der Waals surface area contributed by atoms with Crippen molar-refractivity contribution in [3.05, 3.63) is 23.3 Å². The quantitative estimate of drug-likeness (QED) is 0.542. The molecular weight excluding hydrogens is 268 g/mol. The van der Waals surface area contributed by atoms with Gasteiger partial charge in [0.2, 0.25) is 0 Å². The molecule has 1 heteroatoms. The van der Waals surface area contributed by atoms with Gasteiger partial charge in [-0.25, -0.2) is 0 Å². The number of allylic oxidation sites excluding steroid dienone is 4. The lowest BCUT2D eigenvalue weighted by Crippen LogP contribution is -2.46. The fourth-order valence-corrected chi connectivity index (χ4v) is 6.32. The fraction of sp³-hybridized carbons (Fsp3) is 0.762. The van der Waals surface area contributed by atoms with Crippen molar-refractivity contribution in [2.24, 2.45) is 28.1 Å². The van der Waals surface area contributed by atoms with E-state index in [1.165, 1.54) is 31.3 Å². The molecule has 0 amide bonds. The number of hydrogen-bond acceptors (Lipinski definition) is 1. The van der Waals surface area contributed by atoms with Gasteiger partial charge in [0.05, 0.1) is 0 Å². The number of ketones is 1. The lowest BCUT2D eigenvalue weighted by Gasteiger charge is -2.55. The predicted octanol–water partition coefficient (Wildman–Crippen LogP) is 5.46. The summed E-state index contributed by atoms with van der Waals surface area (Å²) in [5.74, 6) is 1.99. The molecule has 1 unspecified atom stereocenters. The van der Waals surface area contributed by atoms with Crippen molar-refractivity contribution in [3.8, 4) is 0 Å². The van der Waals surface area contributed by atoms with Crippen LogP contribution < -0.4 is 0 Å². The molecule has 1 nitrogen and oxygen atoms in total. The molecule has 120 valence electrons. The van der Waals surface area contributed by atoms with Gasteiger partial charge >= 0.3 is 0 Å². The van der Waals surface area contributed by atoms with Crippen LogP contribution in [0.1, 0.15) is 72.6 Å². The Hall–Kier alpha value is -0.850. The standard InChI is InChI=1S/C21H30O/c1-19(2)10-8-18-16-6-5-14-13-15(22)7-11-20(14,3)17(16)9-12-21(18,19)4/h9,13,16,18H,5-8,10-12H2,1-4H3/t16?,18-,20-,21-/m0/s1. The Bertz CT molecular complexity index is 593. The molecular formula is C21H30O. The fourth-order valence-electron chi connectivity index (χ4n) is 6.32. The Morgan fingerprint density at radius 2 is 1.82 bits per heavy atom. The normalized spacial score (nSPS) is 46.3. The summed E-state index contributed by atoms with van der Waals surface area (Å²) in [6.07, 6.45) is 12.8. The van der Waals surface area contributed by atoms with Crippen LogP contribution in [0.25, 0.3) is 0 Å². The van der Waals surface area contributed by atoms with Crippen LogP contribution in [-0.4, -0.2) is 5.78 Å². The molecule has 0 N–H and O–H groups in total. The summed E-state index contributed by atoms with van der Waals surface area (Å²) in [6.45, 7) is 9.95. The highest BCUT2D eigenvalue weighted by Gasteiger charge is 2.58. The molecule has 0 aromatic carbocycles. The van der Waals surface area contributed by atoms with Crippen molar-refractivity contribution in [2.45, 2.75) is 72.6 Å². The first-order chi connectivity index (χ1) is 10.3. The molecule has 0 radical (unpaired) electrons. The van der Waals surface area contributed by atoms with Crippen LogP contribution >= 0.6 is 0 Å². The van der Waals surface area contributed by atoms with Crippen molar-refractivity contribution >= 4 is 5.78 Å². The Morgan fingerprint density at radius 3 is 2.59 bits per heavy atom. The summed E-state index contributed by atoms with van der Waals surface area (Å²) >= 11 is 0. The molecule has 0 spiro atoms. The number of carbonyl (C=O) groups is 1. The molecule has 4 atom stereocenters. The van der Waals surface area contributed by atoms with E-state index >= 15 is 0 Å². The highest BCUT2D eigenvalue weighted by molar-refractivity contribution is 5.92. The first kappa shape index (κ1) is 14.7. The smallest absolute Gasteiger partial charge is 0.155 e. The largest absolute Gasteiger partial charge is 0.295 e. The van der Waals surface area contributed by atoms with Crippen molar-refractivity contribution in [2.75, 3.05) is 0 Å². The lowest BCUT2D eigenvalue weighted by atomic mass is 9.49. The van der Waals surface area contributed by atoms with Gasteiger partial charge in [0.25, 0.3) is 0 Å². The van der Waals surface area contributed by atoms with E-state index in [1.807, 2.05) is 6.08 Å². The van der Waals surface area contributed by atoms with Gasteiger partial charge in [-0.15, -0.1) is 0 Å². The zero-order valence-electron chi connectivity index (χ0n) is 14.7. The van der Waals surface area contributed by atoms with E-state index in [-0.39, 0.29) is 5.41 Å². The van der Waals surface area contributed by atoms with Crippen molar-refractivity contribution in [1.82, 2.24) is 0 Å². The van der Waals surface area contributed by atoms with Gasteiger partial charge in [-0.2, -0.15) is 0 Å². The maximum absolute atomic E-state index is 11.8. The molecule has 2 fully saturated rings. The molecule has 2 saturated carbocycles. The third kappa shape index (κ3) is 1.69. The second-order valence-corrected chi connectivity index (χ2v) is 9.42. The highest BCUT2D eigenvalue weighted by atomic mass is 16.1. The van der Waals surface area contributed by atoms with E-state index in [0.29, 0.717) is 16.6 Å². The Balaban J connectivity index is 1.77. The van der Waals surface area contributed by atoms with Crippen molar-refractivity contribution < 1.29 is 4.79 Å². The van der Waals surface area contributed by atoms with E-state index in [0.717, 1.165) is 31.1 Å². The Morgan fingerprint density at radius 1 is 1.05 bits per heavy atom. The first-order valence-corrected chi connectivity index (χ1v) is 9.22. The van der Waals surface area contributed by atoms with Gasteiger partial charge in [0.15, 0.2) is 5.78 Å². The average molecular weight is 298 g/mol. The Labute approximate surface area is 135 Å². The molecule has 22 heavy (non-hydrogen) atoms. The van der Waals surface area contributed by atoms with Crippen LogP contribution in [0.4, 0.5) is 0 Å². The zero-order valence-corrected chi connectivity index (χ0v) is 14.7. The van der Waals surface area contributed by atoms with Gasteiger partial charge in [-0.1, -0.05) is 44.9 Å². The summed E-state index contributed by atoms with van der Waals surface area (Å²) in [5.41, 5.74) is 4.29. The molecule has 4 aliphatic carbocycles. The van der Waals surface area contributed by atoms with Crippen molar-refractivity contribution in [3.63, 3.8) is 0 Å². The summed E-state index contributed by atoms with van der Waals surface area (Å²) in [6, 6.07) is 0. The van der Waals surface area contributed by atoms with Crippen LogP contribution in [0.5, 0.6) is 0 Å². The third-order valence-electron chi connectivity index (χ3n) is 8.35. The molecule has 0 bridgehead atoms. The topological polar surface area (TPSA) is 17.1 Å². The average Bonchev–Trinajstić information content (AvgIpc) is 2.70. The monoisotopic (exact) mass is 298 g/mol. The third-order valence-corrected chi connectivity index (χ3v) is 8.35. The summed E-state index contributed by atoms with van der Waals surface area (Å²) < 4.78 is 0. The van der Waals surface area contributed by atoms with Gasteiger partial charge in [0, 0.05) is 11.8 Å². The molecule has 4 aliphatic rings. The molecule has 0 heterocycles. The van der Waals surface area contributed by atoms with Crippen LogP contribution in [0.3, 0.4) is 0 Å². The number of fused-ring (bicyclic) bond motifs is 5. The summed E-state index contributed by atoms with van der Waals surface area (Å²) in [4.78, 5) is 11.8. The van der Waals surface area contributed by atoms with Gasteiger partial charge in [-0.05, 0) is 67.3 Å². The van der Waals surface area contributed by atoms with Crippen molar-refractivity contribution in [1.29, 1.82) is 0 Å². The summed E-state index contributed by atoms with van der Waals surface area (Å²) in [5, 5.41) is 0. The zero-order chi connectivity index (χ0) is 15.8. The van der Waals surface area contributed by atoms with E-state index in [4.69, 9.17) is 0 Å². The van der Waals surface area contributed by atoms with Crippen LogP contribution in [-0.2, 0) is 4.79 Å². The van der Waals surface area contributed by atoms with E-state index in [1.54, 1.807) is 5.57 Å². The first-order valence-electron chi connectivity index (χ1n) is 9.22. The Kier molecular flexibility index (Phi) is 2.92. The maximum Gasteiger partial charge on any atom is 0.155 e. The second-order valence-electron chi connectivity index (χ2n) is 9.42. The van der Waals surface area contributed by atoms with E-state index in [2.05, 4.69) is 33.8 Å². The minimum absolute atomic E-state index is 0.199. The highest BCUT2D eigenvalue weighted by Crippen LogP contribution is 2.67. The molecule has 0 aromatic heterocycles. The van der Waals surface area contributed by atoms with Crippen LogP contribution in [0.2, 0.25) is 0 Å². The number of rotatable bonds is 0. The van der Waals surface area contributed by atoms with Crippen LogP contribution in [0.15, 0.2) is 23.3 Å². The predicted molar refractivity (Wildman–Crippen MR) is 90.5 cm³/mol.